The fraction of sp³-hybridized carbons (Fsp3) is 0.417. The Morgan fingerprint density at radius 1 is 1.47 bits per heavy atom. The molecule has 0 spiro atoms. The van der Waals surface area contributed by atoms with Gasteiger partial charge < -0.3 is 5.11 Å². The second-order valence-corrected chi connectivity index (χ2v) is 5.32. The van der Waals surface area contributed by atoms with Gasteiger partial charge in [-0.1, -0.05) is 28.1 Å². The maximum Gasteiger partial charge on any atom is 0.309 e. The number of hydrogen-bond acceptors (Lipinski definition) is 1. The van der Waals surface area contributed by atoms with Crippen LogP contribution in [-0.2, 0) is 11.2 Å². The molecular weight excluding hydrogens is 256 g/mol. The van der Waals surface area contributed by atoms with E-state index in [1.165, 1.54) is 5.56 Å². The zero-order valence-corrected chi connectivity index (χ0v) is 10.8. The number of aliphatic carboxylic acids is 1. The van der Waals surface area contributed by atoms with E-state index in [2.05, 4.69) is 15.9 Å². The van der Waals surface area contributed by atoms with Crippen LogP contribution in [0.3, 0.4) is 0 Å². The molecule has 3 heteroatoms. The van der Waals surface area contributed by atoms with Crippen LogP contribution in [-0.4, -0.2) is 11.1 Å². The minimum absolute atomic E-state index is 0.531. The van der Waals surface area contributed by atoms with E-state index >= 15 is 0 Å². The summed E-state index contributed by atoms with van der Waals surface area (Å²) in [4.78, 5) is 11.0. The Hall–Kier alpha value is -0.830. The van der Waals surface area contributed by atoms with Gasteiger partial charge in [-0.2, -0.15) is 0 Å². The van der Waals surface area contributed by atoms with Crippen molar-refractivity contribution >= 4 is 21.9 Å². The van der Waals surface area contributed by atoms with E-state index in [9.17, 15) is 4.79 Å². The number of aryl methyl sites for hydroxylation is 1. The van der Waals surface area contributed by atoms with Crippen LogP contribution in [0, 0.1) is 12.3 Å². The molecule has 0 aliphatic rings. The molecule has 82 valence electrons. The van der Waals surface area contributed by atoms with Crippen molar-refractivity contribution in [2.24, 2.45) is 5.41 Å². The summed E-state index contributed by atoms with van der Waals surface area (Å²) in [6, 6.07) is 5.98. The van der Waals surface area contributed by atoms with Crippen molar-refractivity contribution in [3.63, 3.8) is 0 Å². The smallest absolute Gasteiger partial charge is 0.309 e. The molecule has 1 aromatic carbocycles. The molecule has 0 amide bonds. The highest BCUT2D eigenvalue weighted by atomic mass is 79.9. The lowest BCUT2D eigenvalue weighted by Crippen LogP contribution is -2.26. The Bertz CT molecular complexity index is 383. The fourth-order valence-corrected chi connectivity index (χ4v) is 1.98. The lowest BCUT2D eigenvalue weighted by atomic mass is 9.86. The third-order valence-electron chi connectivity index (χ3n) is 2.42. The van der Waals surface area contributed by atoms with Crippen molar-refractivity contribution in [1.82, 2.24) is 0 Å². The first-order valence-corrected chi connectivity index (χ1v) is 5.60. The van der Waals surface area contributed by atoms with E-state index in [1.54, 1.807) is 13.8 Å². The Balaban J connectivity index is 2.95. The van der Waals surface area contributed by atoms with E-state index in [0.717, 1.165) is 10.0 Å². The zero-order chi connectivity index (χ0) is 11.6. The van der Waals surface area contributed by atoms with Crippen LogP contribution in [0.1, 0.15) is 25.0 Å². The van der Waals surface area contributed by atoms with Crippen molar-refractivity contribution in [2.45, 2.75) is 27.2 Å². The first-order chi connectivity index (χ1) is 6.83. The Labute approximate surface area is 98.4 Å². The largest absolute Gasteiger partial charge is 0.481 e. The zero-order valence-electron chi connectivity index (χ0n) is 9.17. The molecule has 2 nitrogen and oxygen atoms in total. The van der Waals surface area contributed by atoms with Gasteiger partial charge in [0.05, 0.1) is 5.41 Å². The summed E-state index contributed by atoms with van der Waals surface area (Å²) in [6.45, 7) is 5.49. The van der Waals surface area contributed by atoms with E-state index in [1.807, 2.05) is 25.1 Å². The summed E-state index contributed by atoms with van der Waals surface area (Å²) in [7, 11) is 0. The van der Waals surface area contributed by atoms with Gasteiger partial charge in [0.2, 0.25) is 0 Å². The number of carboxylic acids is 1. The first kappa shape index (κ1) is 12.2. The lowest BCUT2D eigenvalue weighted by molar-refractivity contribution is -0.146. The predicted molar refractivity (Wildman–Crippen MR) is 64.0 cm³/mol. The topological polar surface area (TPSA) is 37.3 Å². The highest BCUT2D eigenvalue weighted by molar-refractivity contribution is 9.10. The molecule has 1 aromatic rings. The van der Waals surface area contributed by atoms with Crippen LogP contribution in [0.2, 0.25) is 0 Å². The highest BCUT2D eigenvalue weighted by Crippen LogP contribution is 2.27. The summed E-state index contributed by atoms with van der Waals surface area (Å²) >= 11 is 3.46. The molecule has 0 aromatic heterocycles. The number of rotatable bonds is 3. The number of benzene rings is 1. The summed E-state index contributed by atoms with van der Waals surface area (Å²) in [6.07, 6.45) is 0.531. The molecule has 0 aliphatic carbocycles. The number of carboxylic acid groups (broad SMARTS) is 1. The minimum atomic E-state index is -0.769. The van der Waals surface area contributed by atoms with Gasteiger partial charge >= 0.3 is 5.97 Å². The standard InChI is InChI=1S/C12H15BrO2/c1-8-4-5-9(10(13)6-8)7-12(2,3)11(14)15/h4-6H,7H2,1-3H3,(H,14,15). The van der Waals surface area contributed by atoms with Gasteiger partial charge in [0.15, 0.2) is 0 Å². The Morgan fingerprint density at radius 2 is 2.07 bits per heavy atom. The molecule has 1 N–H and O–H groups in total. The van der Waals surface area contributed by atoms with Crippen molar-refractivity contribution in [1.29, 1.82) is 0 Å². The number of hydrogen-bond donors (Lipinski definition) is 1. The van der Waals surface area contributed by atoms with E-state index in [-0.39, 0.29) is 0 Å². The maximum absolute atomic E-state index is 11.0. The molecule has 0 radical (unpaired) electrons. The highest BCUT2D eigenvalue weighted by Gasteiger charge is 2.27. The van der Waals surface area contributed by atoms with Crippen molar-refractivity contribution < 1.29 is 9.90 Å². The molecular formula is C12H15BrO2. The van der Waals surface area contributed by atoms with Crippen molar-refractivity contribution in [3.05, 3.63) is 33.8 Å². The fourth-order valence-electron chi connectivity index (χ4n) is 1.35. The molecule has 15 heavy (non-hydrogen) atoms. The van der Waals surface area contributed by atoms with Gasteiger partial charge in [0.25, 0.3) is 0 Å². The predicted octanol–water partition coefficient (Wildman–Crippen LogP) is 3.41. The summed E-state index contributed by atoms with van der Waals surface area (Å²) in [5, 5.41) is 9.03. The van der Waals surface area contributed by atoms with Crippen LogP contribution in [0.15, 0.2) is 22.7 Å². The Kier molecular flexibility index (Phi) is 3.55. The first-order valence-electron chi connectivity index (χ1n) is 4.81. The van der Waals surface area contributed by atoms with E-state index in [0.29, 0.717) is 6.42 Å². The van der Waals surface area contributed by atoms with Crippen LogP contribution >= 0.6 is 15.9 Å². The van der Waals surface area contributed by atoms with Gasteiger partial charge in [-0.25, -0.2) is 0 Å². The normalized spacial score (nSPS) is 11.5. The number of halogens is 1. The molecule has 0 unspecified atom stereocenters. The third-order valence-corrected chi connectivity index (χ3v) is 3.16. The molecule has 0 saturated carbocycles. The van der Waals surface area contributed by atoms with Crippen LogP contribution < -0.4 is 0 Å². The van der Waals surface area contributed by atoms with Crippen LogP contribution in [0.5, 0.6) is 0 Å². The SMILES string of the molecule is Cc1ccc(CC(C)(C)C(=O)O)c(Br)c1. The summed E-state index contributed by atoms with van der Waals surface area (Å²) < 4.78 is 0.983. The van der Waals surface area contributed by atoms with Crippen molar-refractivity contribution in [2.75, 3.05) is 0 Å². The van der Waals surface area contributed by atoms with Crippen molar-refractivity contribution in [3.8, 4) is 0 Å². The Morgan fingerprint density at radius 3 is 2.53 bits per heavy atom. The molecule has 0 saturated heterocycles. The molecule has 1 rings (SSSR count). The lowest BCUT2D eigenvalue weighted by Gasteiger charge is -2.19. The minimum Gasteiger partial charge on any atom is -0.481 e. The van der Waals surface area contributed by atoms with Gasteiger partial charge in [0, 0.05) is 4.47 Å². The van der Waals surface area contributed by atoms with Gasteiger partial charge in [-0.15, -0.1) is 0 Å². The van der Waals surface area contributed by atoms with Gasteiger partial charge in [-0.05, 0) is 44.4 Å². The molecule has 0 fully saturated rings. The maximum atomic E-state index is 11.0. The third kappa shape index (κ3) is 3.06. The monoisotopic (exact) mass is 270 g/mol. The summed E-state index contributed by atoms with van der Waals surface area (Å²) in [5.41, 5.74) is 1.48. The molecule has 0 aliphatic heterocycles. The number of carbonyl (C=O) groups is 1. The summed E-state index contributed by atoms with van der Waals surface area (Å²) in [5.74, 6) is -0.769. The second-order valence-electron chi connectivity index (χ2n) is 4.46. The molecule has 0 atom stereocenters. The molecule has 0 heterocycles. The van der Waals surface area contributed by atoms with E-state index < -0.39 is 11.4 Å². The average molecular weight is 271 g/mol. The van der Waals surface area contributed by atoms with Crippen LogP contribution in [0.25, 0.3) is 0 Å². The van der Waals surface area contributed by atoms with Gasteiger partial charge in [-0.3, -0.25) is 4.79 Å². The molecule has 0 bridgehead atoms. The quantitative estimate of drug-likeness (QED) is 0.914. The average Bonchev–Trinajstić information content (AvgIpc) is 2.09. The second kappa shape index (κ2) is 4.35. The van der Waals surface area contributed by atoms with Gasteiger partial charge in [0.1, 0.15) is 0 Å². The van der Waals surface area contributed by atoms with E-state index in [4.69, 9.17) is 5.11 Å². The van der Waals surface area contributed by atoms with Crippen LogP contribution in [0.4, 0.5) is 0 Å².